The molecule has 2 atom stereocenters. The van der Waals surface area contributed by atoms with Gasteiger partial charge in [0, 0.05) is 25.9 Å². The second kappa shape index (κ2) is 15.7. The lowest BCUT2D eigenvalue weighted by Gasteiger charge is -2.32. The van der Waals surface area contributed by atoms with Crippen molar-refractivity contribution in [2.24, 2.45) is 11.8 Å². The number of likely N-dealkylation sites (tertiary alicyclic amines) is 1. The van der Waals surface area contributed by atoms with Crippen molar-refractivity contribution in [1.82, 2.24) is 19.9 Å². The van der Waals surface area contributed by atoms with E-state index in [0.717, 1.165) is 23.4 Å². The molecule has 3 rings (SSSR count). The van der Waals surface area contributed by atoms with Crippen LogP contribution in [0.2, 0.25) is 0 Å². The van der Waals surface area contributed by atoms with E-state index in [1.807, 2.05) is 24.3 Å². The minimum Gasteiger partial charge on any atom is -0.481 e. The number of aromatic nitrogens is 3. The molecular weight excluding hydrogens is 558 g/mol. The van der Waals surface area contributed by atoms with Crippen LogP contribution in [0.5, 0.6) is 0 Å². The van der Waals surface area contributed by atoms with Crippen LogP contribution in [0.15, 0.2) is 30.5 Å². The second-order valence-corrected chi connectivity index (χ2v) is 12.3. The van der Waals surface area contributed by atoms with Gasteiger partial charge in [0.2, 0.25) is 5.91 Å². The molecule has 41 heavy (non-hydrogen) atoms. The summed E-state index contributed by atoms with van der Waals surface area (Å²) in [4.78, 5) is 46.6. The third-order valence-electron chi connectivity index (χ3n) is 7.15. The maximum atomic E-state index is 12.7. The van der Waals surface area contributed by atoms with E-state index in [9.17, 15) is 33.3 Å². The van der Waals surface area contributed by atoms with Crippen LogP contribution in [-0.4, -0.2) is 85.4 Å². The number of hydrogen-bond acceptors (Lipinski definition) is 7. The lowest BCUT2D eigenvalue weighted by molar-refractivity contribution is -0.142. The van der Waals surface area contributed by atoms with Crippen molar-refractivity contribution >= 4 is 25.4 Å². The molecule has 1 aromatic heterocycles. The third-order valence-corrected chi connectivity index (χ3v) is 8.61. The lowest BCUT2D eigenvalue weighted by atomic mass is 9.97. The Hall–Kier alpha value is -3.15. The number of alkyl halides is 1. The molecule has 1 aromatic carbocycles. The predicted molar refractivity (Wildman–Crippen MR) is 147 cm³/mol. The Morgan fingerprint density at radius 2 is 1.78 bits per heavy atom. The second-order valence-electron chi connectivity index (χ2n) is 10.4. The van der Waals surface area contributed by atoms with E-state index in [2.05, 4.69) is 10.3 Å². The molecule has 12 nitrogen and oxygen atoms in total. The van der Waals surface area contributed by atoms with Crippen LogP contribution in [0.1, 0.15) is 56.2 Å². The number of rotatable bonds is 17. The first-order valence-corrected chi connectivity index (χ1v) is 15.6. The van der Waals surface area contributed by atoms with E-state index in [4.69, 9.17) is 9.63 Å². The summed E-state index contributed by atoms with van der Waals surface area (Å²) in [5.41, 5.74) is 2.69. The van der Waals surface area contributed by atoms with Gasteiger partial charge in [-0.15, -0.1) is 5.10 Å². The highest BCUT2D eigenvalue weighted by molar-refractivity contribution is 7.52. The number of carbonyl (C=O) groups is 3. The maximum Gasteiger partial charge on any atom is 0.328 e. The standard InChI is InChI=1S/C27H38FN4O8P/c28-14-2-4-23-17-32(30-29-23)24-9-6-20(7-10-24)3-1-5-25(33)31-15-12-21(13-16-31)18-40-41(38,39)19-22(27(36)37)8-11-26(34)35/h6-7,9-10,17,21-22H,1-5,8,11-16,18-19H2,(H,34,35)(H,36,37)(H,38,39). The Labute approximate surface area is 238 Å². The number of aliphatic carboxylic acids is 2. The number of nitrogens with zero attached hydrogens (tertiary/aromatic N) is 4. The average molecular weight is 597 g/mol. The maximum absolute atomic E-state index is 12.7. The first-order valence-electron chi connectivity index (χ1n) is 13.8. The van der Waals surface area contributed by atoms with E-state index in [0.29, 0.717) is 51.6 Å². The van der Waals surface area contributed by atoms with Crippen molar-refractivity contribution < 1.29 is 43.0 Å². The quantitative estimate of drug-likeness (QED) is 0.230. The van der Waals surface area contributed by atoms with Gasteiger partial charge in [-0.05, 0) is 68.6 Å². The molecule has 14 heteroatoms. The highest BCUT2D eigenvalue weighted by Gasteiger charge is 2.32. The number of halogens is 1. The molecule has 2 unspecified atom stereocenters. The predicted octanol–water partition coefficient (Wildman–Crippen LogP) is 3.50. The fraction of sp³-hybridized carbons (Fsp3) is 0.593. The zero-order valence-electron chi connectivity index (χ0n) is 22.9. The van der Waals surface area contributed by atoms with E-state index in [-0.39, 0.29) is 31.5 Å². The average Bonchev–Trinajstić information content (AvgIpc) is 3.42. The van der Waals surface area contributed by atoms with Crippen LogP contribution in [0.4, 0.5) is 4.39 Å². The third kappa shape index (κ3) is 11.0. The summed E-state index contributed by atoms with van der Waals surface area (Å²) >= 11 is 0. The number of benzene rings is 1. The highest BCUT2D eigenvalue weighted by atomic mass is 31.2. The molecule has 2 aromatic rings. The molecule has 1 amide bonds. The topological polar surface area (TPSA) is 172 Å². The Morgan fingerprint density at radius 3 is 2.41 bits per heavy atom. The highest BCUT2D eigenvalue weighted by Crippen LogP contribution is 2.45. The summed E-state index contributed by atoms with van der Waals surface area (Å²) < 4.78 is 31.6. The van der Waals surface area contributed by atoms with E-state index in [1.54, 1.807) is 15.8 Å². The van der Waals surface area contributed by atoms with E-state index in [1.165, 1.54) is 0 Å². The molecule has 0 aliphatic carbocycles. The number of amides is 1. The molecule has 1 aliphatic heterocycles. The minimum absolute atomic E-state index is 0.0232. The van der Waals surface area contributed by atoms with Gasteiger partial charge in [-0.1, -0.05) is 17.3 Å². The number of carboxylic acid groups (broad SMARTS) is 2. The molecule has 0 spiro atoms. The van der Waals surface area contributed by atoms with Gasteiger partial charge in [0.1, 0.15) is 0 Å². The minimum atomic E-state index is -4.21. The monoisotopic (exact) mass is 596 g/mol. The molecule has 1 saturated heterocycles. The van der Waals surface area contributed by atoms with Crippen LogP contribution in [0.25, 0.3) is 5.69 Å². The summed E-state index contributed by atoms with van der Waals surface area (Å²) in [6.45, 7) is 0.617. The van der Waals surface area contributed by atoms with Crippen molar-refractivity contribution in [2.75, 3.05) is 32.5 Å². The number of piperidine rings is 1. The van der Waals surface area contributed by atoms with Crippen LogP contribution in [0.3, 0.4) is 0 Å². The zero-order valence-corrected chi connectivity index (χ0v) is 23.8. The van der Waals surface area contributed by atoms with Gasteiger partial charge in [-0.2, -0.15) is 0 Å². The van der Waals surface area contributed by atoms with Gasteiger partial charge >= 0.3 is 19.5 Å². The van der Waals surface area contributed by atoms with Gasteiger partial charge in [-0.3, -0.25) is 23.3 Å². The van der Waals surface area contributed by atoms with Gasteiger partial charge in [-0.25, -0.2) is 4.68 Å². The van der Waals surface area contributed by atoms with Crippen LogP contribution >= 0.6 is 7.60 Å². The Balaban J connectivity index is 1.35. The summed E-state index contributed by atoms with van der Waals surface area (Å²) in [6.07, 6.45) is 4.50. The van der Waals surface area contributed by atoms with E-state index >= 15 is 0 Å². The molecule has 1 fully saturated rings. The van der Waals surface area contributed by atoms with Crippen LogP contribution in [0, 0.1) is 11.8 Å². The Kier molecular flexibility index (Phi) is 12.4. The van der Waals surface area contributed by atoms with Crippen molar-refractivity contribution in [2.45, 2.75) is 57.8 Å². The number of carbonyl (C=O) groups excluding carboxylic acids is 1. The largest absolute Gasteiger partial charge is 0.481 e. The van der Waals surface area contributed by atoms with Gasteiger partial charge in [0.05, 0.1) is 42.9 Å². The van der Waals surface area contributed by atoms with Crippen LogP contribution in [-0.2, 0) is 36.3 Å². The number of aryl methyl sites for hydroxylation is 2. The fourth-order valence-electron chi connectivity index (χ4n) is 4.70. The lowest BCUT2D eigenvalue weighted by Crippen LogP contribution is -2.39. The van der Waals surface area contributed by atoms with Crippen molar-refractivity contribution in [3.8, 4) is 5.69 Å². The summed E-state index contributed by atoms with van der Waals surface area (Å²) in [7, 11) is -4.21. The van der Waals surface area contributed by atoms with Crippen LogP contribution < -0.4 is 0 Å². The van der Waals surface area contributed by atoms with Crippen molar-refractivity contribution in [3.05, 3.63) is 41.7 Å². The molecule has 0 radical (unpaired) electrons. The van der Waals surface area contributed by atoms with Gasteiger partial charge < -0.3 is 24.5 Å². The Bertz CT molecular complexity index is 1200. The van der Waals surface area contributed by atoms with Crippen molar-refractivity contribution in [1.29, 1.82) is 0 Å². The molecule has 1 aliphatic rings. The van der Waals surface area contributed by atoms with Crippen molar-refractivity contribution in [3.63, 3.8) is 0 Å². The molecule has 3 N–H and O–H groups in total. The summed E-state index contributed by atoms with van der Waals surface area (Å²) in [6, 6.07) is 7.83. The summed E-state index contributed by atoms with van der Waals surface area (Å²) in [5, 5.41) is 26.1. The van der Waals surface area contributed by atoms with Gasteiger partial charge in [0.25, 0.3) is 0 Å². The summed E-state index contributed by atoms with van der Waals surface area (Å²) in [5.74, 6) is -3.77. The number of hydrogen-bond donors (Lipinski definition) is 3. The normalized spacial score (nSPS) is 16.3. The molecule has 2 heterocycles. The SMILES string of the molecule is O=C(O)CCC(CP(=O)(O)OCC1CCN(C(=O)CCCc2ccc(-n3cc(CCCF)nn3)cc2)CC1)C(=O)O. The number of carboxylic acids is 2. The smallest absolute Gasteiger partial charge is 0.328 e. The van der Waals surface area contributed by atoms with E-state index < -0.39 is 38.0 Å². The molecule has 0 saturated carbocycles. The first-order chi connectivity index (χ1) is 19.6. The first kappa shape index (κ1) is 32.4. The molecule has 0 bridgehead atoms. The molecular formula is C27H38FN4O8P. The molecule has 226 valence electrons. The fourth-order valence-corrected chi connectivity index (χ4v) is 6.14. The Morgan fingerprint density at radius 1 is 1.07 bits per heavy atom. The zero-order chi connectivity index (χ0) is 29.8. The van der Waals surface area contributed by atoms with Gasteiger partial charge in [0.15, 0.2) is 0 Å².